The Morgan fingerprint density at radius 1 is 1.07 bits per heavy atom. The Kier molecular flexibility index (Phi) is 7.16. The quantitative estimate of drug-likeness (QED) is 0.524. The van der Waals surface area contributed by atoms with E-state index < -0.39 is 0 Å². The zero-order chi connectivity index (χ0) is 20.8. The number of nitrogens with one attached hydrogen (secondary N) is 1. The lowest BCUT2D eigenvalue weighted by Crippen LogP contribution is -2.23. The second kappa shape index (κ2) is 9.36. The third-order valence-electron chi connectivity index (χ3n) is 4.46. The van der Waals surface area contributed by atoms with E-state index in [2.05, 4.69) is 50.0 Å². The van der Waals surface area contributed by atoms with Gasteiger partial charge in [0.25, 0.3) is 5.91 Å². The van der Waals surface area contributed by atoms with Crippen molar-refractivity contribution in [2.75, 3.05) is 0 Å². The first-order chi connectivity index (χ1) is 13.2. The van der Waals surface area contributed by atoms with Crippen LogP contribution in [-0.4, -0.2) is 16.3 Å². The van der Waals surface area contributed by atoms with Crippen molar-refractivity contribution in [2.45, 2.75) is 34.1 Å². The van der Waals surface area contributed by atoms with Crippen LogP contribution in [0.5, 0.6) is 0 Å². The van der Waals surface area contributed by atoms with Gasteiger partial charge in [0.15, 0.2) is 5.78 Å². The minimum atomic E-state index is -0.253. The summed E-state index contributed by atoms with van der Waals surface area (Å²) >= 11 is 0. The number of ketones is 1. The zero-order valence-corrected chi connectivity index (χ0v) is 17.5. The van der Waals surface area contributed by atoms with Crippen LogP contribution in [0.25, 0.3) is 11.1 Å². The van der Waals surface area contributed by atoms with E-state index in [9.17, 15) is 9.59 Å². The van der Waals surface area contributed by atoms with Crippen molar-refractivity contribution in [2.24, 2.45) is 18.9 Å². The van der Waals surface area contributed by atoms with E-state index >= 15 is 0 Å². The summed E-state index contributed by atoms with van der Waals surface area (Å²) in [6.07, 6.45) is 5.98. The van der Waals surface area contributed by atoms with Gasteiger partial charge in [-0.1, -0.05) is 58.5 Å². The molecule has 0 unspecified atom stereocenters. The number of carbonyl (C=O) groups excluding carboxylic acids is 2. The smallest absolute Gasteiger partial charge is 0.272 e. The molecule has 0 fully saturated rings. The van der Waals surface area contributed by atoms with Gasteiger partial charge in [0, 0.05) is 30.4 Å². The summed E-state index contributed by atoms with van der Waals surface area (Å²) in [5, 5.41) is 2.73. The molecule has 4 nitrogen and oxygen atoms in total. The summed E-state index contributed by atoms with van der Waals surface area (Å²) in [4.78, 5) is 24.2. The van der Waals surface area contributed by atoms with Gasteiger partial charge < -0.3 is 9.88 Å². The van der Waals surface area contributed by atoms with Gasteiger partial charge >= 0.3 is 0 Å². The molecule has 0 saturated carbocycles. The highest BCUT2D eigenvalue weighted by molar-refractivity contribution is 5.96. The maximum absolute atomic E-state index is 12.6. The third kappa shape index (κ3) is 5.81. The van der Waals surface area contributed by atoms with Crippen LogP contribution in [-0.2, 0) is 18.3 Å². The maximum Gasteiger partial charge on any atom is 0.272 e. The zero-order valence-electron chi connectivity index (χ0n) is 17.5. The molecule has 0 radical (unpaired) electrons. The van der Waals surface area contributed by atoms with Crippen molar-refractivity contribution >= 4 is 11.7 Å². The number of rotatable bonds is 8. The summed E-state index contributed by atoms with van der Waals surface area (Å²) in [6.45, 7) is 11.9. The van der Waals surface area contributed by atoms with E-state index in [1.165, 1.54) is 17.7 Å². The number of aryl methyl sites for hydroxylation is 1. The average molecular weight is 379 g/mol. The molecule has 0 atom stereocenters. The topological polar surface area (TPSA) is 51.1 Å². The first kappa shape index (κ1) is 21.4. The molecule has 0 aliphatic carbocycles. The number of hydrogen-bond donors (Lipinski definition) is 1. The molecule has 1 aromatic heterocycles. The predicted molar refractivity (Wildman–Crippen MR) is 115 cm³/mol. The Hall–Kier alpha value is -2.88. The predicted octanol–water partition coefficient (Wildman–Crippen LogP) is 4.92. The summed E-state index contributed by atoms with van der Waals surface area (Å²) in [6, 6.07) is 10.3. The highest BCUT2D eigenvalue weighted by Crippen LogP contribution is 2.23. The Morgan fingerprint density at radius 3 is 2.29 bits per heavy atom. The fourth-order valence-corrected chi connectivity index (χ4v) is 2.88. The molecule has 1 aromatic carbocycles. The molecule has 28 heavy (non-hydrogen) atoms. The Bertz CT molecular complexity index is 884. The molecule has 0 aliphatic heterocycles. The number of hydrogen-bond acceptors (Lipinski definition) is 2. The van der Waals surface area contributed by atoms with Gasteiger partial charge in [0.05, 0.1) is 0 Å². The van der Waals surface area contributed by atoms with Crippen LogP contribution in [0.15, 0.2) is 61.0 Å². The lowest BCUT2D eigenvalue weighted by molar-refractivity contribution is -0.117. The fraction of sp³-hybridized carbons (Fsp3) is 0.333. The highest BCUT2D eigenvalue weighted by atomic mass is 16.2. The SMILES string of the molecule is C=C(C=CC(=O)C(C)C)NC(=O)c1cc(-c2ccc(CC(C)C)cc2)cn1C. The molecule has 1 amide bonds. The van der Waals surface area contributed by atoms with Crippen LogP contribution >= 0.6 is 0 Å². The first-order valence-corrected chi connectivity index (χ1v) is 9.65. The van der Waals surface area contributed by atoms with Crippen molar-refractivity contribution in [3.8, 4) is 11.1 Å². The summed E-state index contributed by atoms with van der Waals surface area (Å²) in [5.41, 5.74) is 4.29. The average Bonchev–Trinajstić information content (AvgIpc) is 3.01. The highest BCUT2D eigenvalue weighted by Gasteiger charge is 2.13. The Balaban J connectivity index is 2.09. The Labute approximate surface area is 168 Å². The van der Waals surface area contributed by atoms with E-state index in [4.69, 9.17) is 0 Å². The molecule has 0 aliphatic rings. The number of nitrogens with zero attached hydrogens (tertiary/aromatic N) is 1. The molecule has 1 heterocycles. The van der Waals surface area contributed by atoms with E-state index in [1.807, 2.05) is 33.2 Å². The summed E-state index contributed by atoms with van der Waals surface area (Å²) in [7, 11) is 1.84. The molecule has 4 heteroatoms. The lowest BCUT2D eigenvalue weighted by atomic mass is 10.00. The van der Waals surface area contributed by atoms with Crippen LogP contribution < -0.4 is 5.32 Å². The van der Waals surface area contributed by atoms with Gasteiger partial charge in [-0.25, -0.2) is 0 Å². The number of allylic oxidation sites excluding steroid dienone is 2. The largest absolute Gasteiger partial charge is 0.346 e. The second-order valence-corrected chi connectivity index (χ2v) is 7.89. The molecule has 0 bridgehead atoms. The van der Waals surface area contributed by atoms with Crippen molar-refractivity contribution in [1.82, 2.24) is 9.88 Å². The van der Waals surface area contributed by atoms with Crippen molar-refractivity contribution in [3.63, 3.8) is 0 Å². The van der Waals surface area contributed by atoms with Crippen LogP contribution in [0.2, 0.25) is 0 Å². The van der Waals surface area contributed by atoms with Crippen LogP contribution in [0.1, 0.15) is 43.7 Å². The van der Waals surface area contributed by atoms with Gasteiger partial charge in [-0.15, -0.1) is 0 Å². The van der Waals surface area contributed by atoms with Gasteiger partial charge in [0.2, 0.25) is 0 Å². The van der Waals surface area contributed by atoms with Crippen molar-refractivity contribution < 1.29 is 9.59 Å². The van der Waals surface area contributed by atoms with E-state index in [0.717, 1.165) is 17.5 Å². The molecular formula is C24H30N2O2. The van der Waals surface area contributed by atoms with Crippen molar-refractivity contribution in [1.29, 1.82) is 0 Å². The number of benzene rings is 1. The molecular weight excluding hydrogens is 348 g/mol. The lowest BCUT2D eigenvalue weighted by Gasteiger charge is -2.06. The van der Waals surface area contributed by atoms with E-state index in [-0.39, 0.29) is 17.6 Å². The minimum absolute atomic E-state index is 0.00235. The van der Waals surface area contributed by atoms with E-state index in [0.29, 0.717) is 17.3 Å². The number of carbonyl (C=O) groups is 2. The molecule has 2 rings (SSSR count). The molecule has 2 aromatic rings. The number of amides is 1. The van der Waals surface area contributed by atoms with Crippen LogP contribution in [0.4, 0.5) is 0 Å². The van der Waals surface area contributed by atoms with Gasteiger partial charge in [-0.3, -0.25) is 9.59 Å². The molecule has 148 valence electrons. The number of aromatic nitrogens is 1. The molecule has 0 spiro atoms. The summed E-state index contributed by atoms with van der Waals surface area (Å²) in [5.74, 6) is 0.284. The van der Waals surface area contributed by atoms with Crippen molar-refractivity contribution in [3.05, 3.63) is 72.2 Å². The first-order valence-electron chi connectivity index (χ1n) is 9.65. The minimum Gasteiger partial charge on any atom is -0.346 e. The maximum atomic E-state index is 12.6. The third-order valence-corrected chi connectivity index (χ3v) is 4.46. The second-order valence-electron chi connectivity index (χ2n) is 7.89. The van der Waals surface area contributed by atoms with E-state index in [1.54, 1.807) is 4.57 Å². The normalized spacial score (nSPS) is 11.4. The standard InChI is InChI=1S/C24H30N2O2/c1-16(2)13-19-8-10-20(11-9-19)21-14-22(26(6)15-21)24(28)25-18(5)7-12-23(27)17(3)4/h7-12,14-17H,5,13H2,1-4,6H3,(H,25,28). The van der Waals surface area contributed by atoms with Crippen LogP contribution in [0.3, 0.4) is 0 Å². The van der Waals surface area contributed by atoms with Gasteiger partial charge in [-0.2, -0.15) is 0 Å². The Morgan fingerprint density at radius 2 is 1.71 bits per heavy atom. The van der Waals surface area contributed by atoms with Gasteiger partial charge in [0.1, 0.15) is 5.69 Å². The summed E-state index contributed by atoms with van der Waals surface area (Å²) < 4.78 is 1.79. The van der Waals surface area contributed by atoms with Crippen LogP contribution in [0, 0.1) is 11.8 Å². The van der Waals surface area contributed by atoms with Gasteiger partial charge in [-0.05, 0) is 41.7 Å². The molecule has 1 N–H and O–H groups in total. The molecule has 0 saturated heterocycles. The monoisotopic (exact) mass is 378 g/mol. The fourth-order valence-electron chi connectivity index (χ4n) is 2.88.